The zero-order chi connectivity index (χ0) is 21.3. The van der Waals surface area contributed by atoms with Gasteiger partial charge < -0.3 is 10.6 Å². The zero-order valence-electron chi connectivity index (χ0n) is 16.7. The Labute approximate surface area is 174 Å². The minimum atomic E-state index is -0.335. The second kappa shape index (κ2) is 8.10. The van der Waals surface area contributed by atoms with Crippen LogP contribution in [0.2, 0.25) is 0 Å². The Morgan fingerprint density at radius 1 is 1.03 bits per heavy atom. The predicted molar refractivity (Wildman–Crippen MR) is 112 cm³/mol. The highest BCUT2D eigenvalue weighted by Crippen LogP contribution is 2.27. The third-order valence-corrected chi connectivity index (χ3v) is 5.55. The normalized spacial score (nSPS) is 14.7. The van der Waals surface area contributed by atoms with E-state index in [1.807, 2.05) is 31.2 Å². The van der Waals surface area contributed by atoms with E-state index in [1.165, 1.54) is 12.1 Å². The highest BCUT2D eigenvalue weighted by molar-refractivity contribution is 6.00. The summed E-state index contributed by atoms with van der Waals surface area (Å²) in [4.78, 5) is 26.5. The molecule has 1 fully saturated rings. The average molecular weight is 406 g/mol. The van der Waals surface area contributed by atoms with Gasteiger partial charge in [0.05, 0.1) is 11.3 Å². The number of aromatic nitrogens is 2. The van der Waals surface area contributed by atoms with E-state index in [-0.39, 0.29) is 23.5 Å². The van der Waals surface area contributed by atoms with E-state index in [0.717, 1.165) is 11.1 Å². The first-order valence-electron chi connectivity index (χ1n) is 9.93. The van der Waals surface area contributed by atoms with Crippen LogP contribution in [0.4, 0.5) is 4.39 Å². The van der Waals surface area contributed by atoms with E-state index in [4.69, 9.17) is 5.73 Å². The van der Waals surface area contributed by atoms with E-state index < -0.39 is 0 Å². The SMILES string of the molecule is Cc1ccc(-c2nn(-c3ccc(F)cc3)cc2C(=O)N2CCC(C(N)=O)CC2)cc1. The standard InChI is InChI=1S/C23H23FN4O2/c1-15-2-4-16(5-3-15)21-20(14-28(26-21)19-8-6-18(24)7-9-19)23(30)27-12-10-17(11-13-27)22(25)29/h2-9,14,17H,10-13H2,1H3,(H2,25,29). The molecule has 0 spiro atoms. The molecule has 0 unspecified atom stereocenters. The fourth-order valence-corrected chi connectivity index (χ4v) is 3.72. The highest BCUT2D eigenvalue weighted by Gasteiger charge is 2.29. The van der Waals surface area contributed by atoms with E-state index in [2.05, 4.69) is 5.10 Å². The number of nitrogens with zero attached hydrogens (tertiary/aromatic N) is 3. The summed E-state index contributed by atoms with van der Waals surface area (Å²) in [6, 6.07) is 13.8. The van der Waals surface area contributed by atoms with Gasteiger partial charge in [0.1, 0.15) is 11.5 Å². The molecule has 7 heteroatoms. The van der Waals surface area contributed by atoms with E-state index in [0.29, 0.717) is 42.9 Å². The molecular weight excluding hydrogens is 383 g/mol. The number of piperidine rings is 1. The molecular formula is C23H23FN4O2. The molecule has 3 aromatic rings. The van der Waals surface area contributed by atoms with Gasteiger partial charge in [-0.15, -0.1) is 0 Å². The van der Waals surface area contributed by atoms with Crippen LogP contribution in [0, 0.1) is 18.7 Å². The number of carbonyl (C=O) groups excluding carboxylic acids is 2. The Hall–Kier alpha value is -3.48. The van der Waals surface area contributed by atoms with Crippen molar-refractivity contribution in [2.24, 2.45) is 11.7 Å². The first-order chi connectivity index (χ1) is 14.4. The number of amides is 2. The molecule has 0 bridgehead atoms. The van der Waals surface area contributed by atoms with Gasteiger partial charge in [-0.25, -0.2) is 9.07 Å². The number of rotatable bonds is 4. The summed E-state index contributed by atoms with van der Waals surface area (Å²) in [6.45, 7) is 2.94. The van der Waals surface area contributed by atoms with Crippen LogP contribution in [0.5, 0.6) is 0 Å². The molecule has 0 saturated carbocycles. The molecule has 4 rings (SSSR count). The summed E-state index contributed by atoms with van der Waals surface area (Å²) in [6.07, 6.45) is 2.81. The van der Waals surface area contributed by atoms with Gasteiger partial charge in [0.25, 0.3) is 5.91 Å². The molecule has 1 aromatic heterocycles. The summed E-state index contributed by atoms with van der Waals surface area (Å²) < 4.78 is 14.9. The van der Waals surface area contributed by atoms with E-state index in [1.54, 1.807) is 27.9 Å². The monoisotopic (exact) mass is 406 g/mol. The predicted octanol–water partition coefficient (Wildman–Crippen LogP) is 3.32. The summed E-state index contributed by atoms with van der Waals surface area (Å²) in [7, 11) is 0. The Morgan fingerprint density at radius 3 is 2.27 bits per heavy atom. The molecule has 0 radical (unpaired) electrons. The molecule has 1 aliphatic heterocycles. The molecule has 30 heavy (non-hydrogen) atoms. The largest absolute Gasteiger partial charge is 0.369 e. The number of likely N-dealkylation sites (tertiary alicyclic amines) is 1. The van der Waals surface area contributed by atoms with Crippen molar-refractivity contribution in [3.63, 3.8) is 0 Å². The molecule has 2 amide bonds. The maximum atomic E-state index is 13.3. The van der Waals surface area contributed by atoms with Crippen LogP contribution >= 0.6 is 0 Å². The van der Waals surface area contributed by atoms with Crippen LogP contribution in [-0.2, 0) is 4.79 Å². The van der Waals surface area contributed by atoms with Gasteiger partial charge >= 0.3 is 0 Å². The molecule has 0 aliphatic carbocycles. The number of carbonyl (C=O) groups is 2. The molecule has 0 atom stereocenters. The van der Waals surface area contributed by atoms with Crippen LogP contribution in [0.3, 0.4) is 0 Å². The molecule has 6 nitrogen and oxygen atoms in total. The van der Waals surface area contributed by atoms with Gasteiger partial charge in [0.2, 0.25) is 5.91 Å². The Kier molecular flexibility index (Phi) is 5.35. The van der Waals surface area contributed by atoms with Gasteiger partial charge in [-0.2, -0.15) is 5.10 Å². The van der Waals surface area contributed by atoms with Crippen molar-refractivity contribution in [2.75, 3.05) is 13.1 Å². The van der Waals surface area contributed by atoms with Crippen molar-refractivity contribution >= 4 is 11.8 Å². The lowest BCUT2D eigenvalue weighted by Crippen LogP contribution is -2.41. The average Bonchev–Trinajstić information content (AvgIpc) is 3.19. The maximum absolute atomic E-state index is 13.3. The van der Waals surface area contributed by atoms with Crippen molar-refractivity contribution in [3.8, 4) is 16.9 Å². The second-order valence-corrected chi connectivity index (χ2v) is 7.65. The maximum Gasteiger partial charge on any atom is 0.257 e. The number of hydrogen-bond donors (Lipinski definition) is 1. The number of hydrogen-bond acceptors (Lipinski definition) is 3. The van der Waals surface area contributed by atoms with Crippen molar-refractivity contribution in [1.82, 2.24) is 14.7 Å². The Balaban J connectivity index is 1.70. The van der Waals surface area contributed by atoms with Crippen molar-refractivity contribution < 1.29 is 14.0 Å². The number of benzene rings is 2. The number of halogens is 1. The molecule has 2 aromatic carbocycles. The van der Waals surface area contributed by atoms with Gasteiger partial charge in [-0.05, 0) is 44.0 Å². The number of aryl methyl sites for hydroxylation is 1. The highest BCUT2D eigenvalue weighted by atomic mass is 19.1. The molecule has 1 aliphatic rings. The first-order valence-corrected chi connectivity index (χ1v) is 9.93. The number of nitrogens with two attached hydrogens (primary N) is 1. The van der Waals surface area contributed by atoms with Crippen molar-refractivity contribution in [2.45, 2.75) is 19.8 Å². The lowest BCUT2D eigenvalue weighted by Gasteiger charge is -2.30. The van der Waals surface area contributed by atoms with Crippen LogP contribution < -0.4 is 5.73 Å². The van der Waals surface area contributed by atoms with Gasteiger partial charge in [0, 0.05) is 30.8 Å². The van der Waals surface area contributed by atoms with Crippen molar-refractivity contribution in [3.05, 3.63) is 71.7 Å². The molecule has 2 N–H and O–H groups in total. The van der Waals surface area contributed by atoms with Crippen LogP contribution in [-0.4, -0.2) is 39.6 Å². The lowest BCUT2D eigenvalue weighted by atomic mass is 9.95. The lowest BCUT2D eigenvalue weighted by molar-refractivity contribution is -0.123. The molecule has 2 heterocycles. The third kappa shape index (κ3) is 3.96. The fourth-order valence-electron chi connectivity index (χ4n) is 3.72. The zero-order valence-corrected chi connectivity index (χ0v) is 16.7. The fraction of sp³-hybridized carbons (Fsp3) is 0.261. The minimum Gasteiger partial charge on any atom is -0.369 e. The van der Waals surface area contributed by atoms with Crippen LogP contribution in [0.15, 0.2) is 54.7 Å². The van der Waals surface area contributed by atoms with Gasteiger partial charge in [-0.1, -0.05) is 29.8 Å². The van der Waals surface area contributed by atoms with E-state index >= 15 is 0 Å². The van der Waals surface area contributed by atoms with Gasteiger partial charge in [0.15, 0.2) is 0 Å². The number of primary amides is 1. The van der Waals surface area contributed by atoms with Gasteiger partial charge in [-0.3, -0.25) is 9.59 Å². The smallest absolute Gasteiger partial charge is 0.257 e. The molecule has 1 saturated heterocycles. The third-order valence-electron chi connectivity index (χ3n) is 5.55. The first kappa shape index (κ1) is 19.8. The Bertz CT molecular complexity index is 1070. The molecule has 154 valence electrons. The van der Waals surface area contributed by atoms with Crippen LogP contribution in [0.1, 0.15) is 28.8 Å². The topological polar surface area (TPSA) is 81.2 Å². The summed E-state index contributed by atoms with van der Waals surface area (Å²) in [5, 5.41) is 4.64. The Morgan fingerprint density at radius 2 is 1.67 bits per heavy atom. The van der Waals surface area contributed by atoms with Crippen LogP contribution in [0.25, 0.3) is 16.9 Å². The van der Waals surface area contributed by atoms with Crippen molar-refractivity contribution in [1.29, 1.82) is 0 Å². The summed E-state index contributed by atoms with van der Waals surface area (Å²) in [5.74, 6) is -0.973. The summed E-state index contributed by atoms with van der Waals surface area (Å²) in [5.41, 5.74) is 9.05. The quantitative estimate of drug-likeness (QED) is 0.722. The van der Waals surface area contributed by atoms with E-state index in [9.17, 15) is 14.0 Å². The summed E-state index contributed by atoms with van der Waals surface area (Å²) >= 11 is 0. The second-order valence-electron chi connectivity index (χ2n) is 7.65. The minimum absolute atomic E-state index is 0.137.